The van der Waals surface area contributed by atoms with Crippen LogP contribution in [0.1, 0.15) is 72.1 Å². The molecule has 2 rings (SSSR count). The number of carbonyl (C=O) groups is 1. The van der Waals surface area contributed by atoms with Crippen LogP contribution < -0.4 is 10.6 Å². The van der Waals surface area contributed by atoms with Crippen LogP contribution in [-0.4, -0.2) is 32.3 Å². The number of ether oxygens (including phenoxy) is 1. The Balaban J connectivity index is 1.68. The molecule has 2 aliphatic carbocycles. The van der Waals surface area contributed by atoms with E-state index in [1.807, 2.05) is 7.05 Å². The molecule has 1 fully saturated rings. The molecule has 4 nitrogen and oxygen atoms in total. The van der Waals surface area contributed by atoms with Gasteiger partial charge >= 0.3 is 6.09 Å². The summed E-state index contributed by atoms with van der Waals surface area (Å²) in [5.74, 6) is 1.47. The number of fused-ring (bicyclic) bond motifs is 1. The lowest BCUT2D eigenvalue weighted by Gasteiger charge is -2.48. The summed E-state index contributed by atoms with van der Waals surface area (Å²) in [4.78, 5) is 12.0. The van der Waals surface area contributed by atoms with Gasteiger partial charge in [-0.15, -0.1) is 0 Å². The van der Waals surface area contributed by atoms with Crippen LogP contribution in [-0.2, 0) is 4.74 Å². The molecule has 0 aromatic carbocycles. The topological polar surface area (TPSA) is 50.4 Å². The van der Waals surface area contributed by atoms with Crippen LogP contribution in [0.5, 0.6) is 0 Å². The highest BCUT2D eigenvalue weighted by atomic mass is 16.6. The van der Waals surface area contributed by atoms with E-state index in [4.69, 9.17) is 4.74 Å². The zero-order valence-electron chi connectivity index (χ0n) is 16.7. The summed E-state index contributed by atoms with van der Waals surface area (Å²) in [6, 6.07) is 0. The zero-order chi connectivity index (χ0) is 18.3. The van der Waals surface area contributed by atoms with E-state index >= 15 is 0 Å². The first kappa shape index (κ1) is 20.3. The SMILES string of the molecule is CNCCCCCCNC(=O)O[C@H]1CC[C@@]2(C)C(=CCC(C)C2C)C1. The van der Waals surface area contributed by atoms with Gasteiger partial charge in [0.15, 0.2) is 0 Å². The van der Waals surface area contributed by atoms with Crippen LogP contribution in [0.4, 0.5) is 4.79 Å². The number of carbonyl (C=O) groups excluding carboxylic acids is 1. The maximum atomic E-state index is 12.0. The smallest absolute Gasteiger partial charge is 0.407 e. The first-order valence-electron chi connectivity index (χ1n) is 10.3. The molecule has 4 heteroatoms. The lowest BCUT2D eigenvalue weighted by atomic mass is 9.57. The average molecular weight is 351 g/mol. The van der Waals surface area contributed by atoms with E-state index in [9.17, 15) is 4.79 Å². The van der Waals surface area contributed by atoms with Gasteiger partial charge in [-0.1, -0.05) is 45.3 Å². The summed E-state index contributed by atoms with van der Waals surface area (Å²) in [6.45, 7) is 8.95. The van der Waals surface area contributed by atoms with Gasteiger partial charge in [-0.2, -0.15) is 0 Å². The molecule has 4 atom stereocenters. The van der Waals surface area contributed by atoms with E-state index in [-0.39, 0.29) is 12.2 Å². The zero-order valence-corrected chi connectivity index (χ0v) is 16.7. The molecule has 0 saturated heterocycles. The minimum atomic E-state index is -0.235. The summed E-state index contributed by atoms with van der Waals surface area (Å²) in [7, 11) is 1.98. The first-order valence-corrected chi connectivity index (χ1v) is 10.3. The third-order valence-corrected chi connectivity index (χ3v) is 6.66. The highest BCUT2D eigenvalue weighted by Crippen LogP contribution is 2.52. The predicted octanol–water partition coefficient (Wildman–Crippen LogP) is 4.65. The van der Waals surface area contributed by atoms with Crippen molar-refractivity contribution in [3.63, 3.8) is 0 Å². The van der Waals surface area contributed by atoms with Crippen LogP contribution in [0.3, 0.4) is 0 Å². The monoisotopic (exact) mass is 350 g/mol. The van der Waals surface area contributed by atoms with Gasteiger partial charge in [0.1, 0.15) is 6.10 Å². The van der Waals surface area contributed by atoms with Crippen molar-refractivity contribution in [2.75, 3.05) is 20.1 Å². The van der Waals surface area contributed by atoms with Gasteiger partial charge in [0.25, 0.3) is 0 Å². The van der Waals surface area contributed by atoms with E-state index < -0.39 is 0 Å². The summed E-state index contributed by atoms with van der Waals surface area (Å²) in [6.07, 6.45) is 11.0. The number of alkyl carbamates (subject to hydrolysis) is 1. The fourth-order valence-corrected chi connectivity index (χ4v) is 4.46. The summed E-state index contributed by atoms with van der Waals surface area (Å²) in [5, 5.41) is 6.08. The third-order valence-electron chi connectivity index (χ3n) is 6.66. The van der Waals surface area contributed by atoms with Crippen LogP contribution in [0, 0.1) is 17.3 Å². The number of rotatable bonds is 8. The van der Waals surface area contributed by atoms with Crippen LogP contribution >= 0.6 is 0 Å². The van der Waals surface area contributed by atoms with E-state index in [2.05, 4.69) is 37.5 Å². The van der Waals surface area contributed by atoms with Gasteiger partial charge < -0.3 is 15.4 Å². The Morgan fingerprint density at radius 2 is 1.96 bits per heavy atom. The van der Waals surface area contributed by atoms with Gasteiger partial charge in [-0.05, 0) is 62.9 Å². The average Bonchev–Trinajstić information content (AvgIpc) is 2.59. The van der Waals surface area contributed by atoms with Crippen molar-refractivity contribution >= 4 is 6.09 Å². The minimum Gasteiger partial charge on any atom is -0.446 e. The van der Waals surface area contributed by atoms with E-state index in [0.717, 1.165) is 51.1 Å². The fourth-order valence-electron chi connectivity index (χ4n) is 4.46. The number of amides is 1. The quantitative estimate of drug-likeness (QED) is 0.495. The number of nitrogens with one attached hydrogen (secondary N) is 2. The molecule has 25 heavy (non-hydrogen) atoms. The maximum Gasteiger partial charge on any atom is 0.407 e. The lowest BCUT2D eigenvalue weighted by molar-refractivity contribution is 0.0420. The number of hydrogen-bond donors (Lipinski definition) is 2. The molecule has 144 valence electrons. The van der Waals surface area contributed by atoms with E-state index in [1.165, 1.54) is 24.8 Å². The second-order valence-corrected chi connectivity index (χ2v) is 8.36. The van der Waals surface area contributed by atoms with Crippen LogP contribution in [0.15, 0.2) is 11.6 Å². The Morgan fingerprint density at radius 1 is 1.24 bits per heavy atom. The van der Waals surface area contributed by atoms with Gasteiger partial charge in [0, 0.05) is 13.0 Å². The number of hydrogen-bond acceptors (Lipinski definition) is 3. The molecular weight excluding hydrogens is 312 g/mol. The second-order valence-electron chi connectivity index (χ2n) is 8.36. The number of unbranched alkanes of at least 4 members (excludes halogenated alkanes) is 3. The first-order chi connectivity index (χ1) is 12.0. The molecule has 2 aliphatic rings. The molecule has 2 N–H and O–H groups in total. The highest BCUT2D eigenvalue weighted by molar-refractivity contribution is 5.67. The lowest BCUT2D eigenvalue weighted by Crippen LogP contribution is -2.42. The van der Waals surface area contributed by atoms with Gasteiger partial charge in [0.05, 0.1) is 0 Å². The van der Waals surface area contributed by atoms with E-state index in [0.29, 0.717) is 11.3 Å². The molecule has 0 heterocycles. The van der Waals surface area contributed by atoms with Crippen LogP contribution in [0.25, 0.3) is 0 Å². The van der Waals surface area contributed by atoms with Crippen molar-refractivity contribution in [3.8, 4) is 0 Å². The van der Waals surface area contributed by atoms with Crippen molar-refractivity contribution in [3.05, 3.63) is 11.6 Å². The molecule has 0 aromatic rings. The Hall–Kier alpha value is -1.03. The highest BCUT2D eigenvalue weighted by Gasteiger charge is 2.44. The third kappa shape index (κ3) is 5.47. The predicted molar refractivity (Wildman–Crippen MR) is 104 cm³/mol. The molecule has 1 saturated carbocycles. The van der Waals surface area contributed by atoms with Crippen molar-refractivity contribution < 1.29 is 9.53 Å². The number of allylic oxidation sites excluding steroid dienone is 1. The minimum absolute atomic E-state index is 0.0514. The van der Waals surface area contributed by atoms with Crippen molar-refractivity contribution in [1.82, 2.24) is 10.6 Å². The fraction of sp³-hybridized carbons (Fsp3) is 0.857. The standard InChI is InChI=1S/C21H38N2O2/c1-16-9-10-18-15-19(11-12-21(18,3)17(16)2)25-20(24)23-14-8-6-5-7-13-22-4/h10,16-17,19,22H,5-9,11-15H2,1-4H3,(H,23,24)/t16?,17?,19-,21+/m0/s1. The molecule has 0 spiro atoms. The summed E-state index contributed by atoms with van der Waals surface area (Å²) in [5.41, 5.74) is 1.83. The molecule has 0 aromatic heterocycles. The Bertz CT molecular complexity index is 463. The van der Waals surface area contributed by atoms with Crippen molar-refractivity contribution in [2.45, 2.75) is 78.2 Å². The Kier molecular flexibility index (Phi) is 7.80. The summed E-state index contributed by atoms with van der Waals surface area (Å²) < 4.78 is 5.69. The molecule has 1 amide bonds. The van der Waals surface area contributed by atoms with Gasteiger partial charge in [-0.3, -0.25) is 0 Å². The van der Waals surface area contributed by atoms with Gasteiger partial charge in [0.2, 0.25) is 0 Å². The Morgan fingerprint density at radius 3 is 2.68 bits per heavy atom. The molecule has 0 bridgehead atoms. The summed E-state index contributed by atoms with van der Waals surface area (Å²) >= 11 is 0. The molecule has 2 unspecified atom stereocenters. The maximum absolute atomic E-state index is 12.0. The van der Waals surface area contributed by atoms with E-state index in [1.54, 1.807) is 0 Å². The normalized spacial score (nSPS) is 31.8. The second kappa shape index (κ2) is 9.61. The van der Waals surface area contributed by atoms with Gasteiger partial charge in [-0.25, -0.2) is 4.79 Å². The molecule has 0 radical (unpaired) electrons. The van der Waals surface area contributed by atoms with Crippen molar-refractivity contribution in [2.24, 2.45) is 17.3 Å². The van der Waals surface area contributed by atoms with Crippen LogP contribution in [0.2, 0.25) is 0 Å². The Labute approximate surface area is 154 Å². The van der Waals surface area contributed by atoms with Crippen molar-refractivity contribution in [1.29, 1.82) is 0 Å². The molecule has 0 aliphatic heterocycles. The largest absolute Gasteiger partial charge is 0.446 e. The molecular formula is C21H38N2O2.